The first kappa shape index (κ1) is 15.3. The van der Waals surface area contributed by atoms with Gasteiger partial charge in [-0.3, -0.25) is 9.59 Å². The number of carbonyl (C=O) groups is 2. The van der Waals surface area contributed by atoms with Crippen LogP contribution in [0.4, 0.5) is 0 Å². The zero-order valence-corrected chi connectivity index (χ0v) is 15.2. The normalized spacial score (nSPS) is 13.0. The Kier molecular flexibility index (Phi) is 3.24. The Morgan fingerprint density at radius 3 is 1.92 bits per heavy atom. The lowest BCUT2D eigenvalue weighted by molar-refractivity contribution is 0.0981. The van der Waals surface area contributed by atoms with Crippen molar-refractivity contribution >= 4 is 33.0 Å². The standard InChI is InChI=1S/C22H12BrNO2/c23-16-10-4-3-9-15(16)20-19-18(17-11-5-6-12-24(17)20)21(25)13-7-1-2-8-14(13)22(19)26/h1-12H. The van der Waals surface area contributed by atoms with Crippen LogP contribution < -0.4 is 0 Å². The molecule has 0 atom stereocenters. The van der Waals surface area contributed by atoms with Gasteiger partial charge in [-0.2, -0.15) is 0 Å². The summed E-state index contributed by atoms with van der Waals surface area (Å²) in [6.45, 7) is 0. The van der Waals surface area contributed by atoms with Crippen molar-refractivity contribution in [2.45, 2.75) is 0 Å². The molecular weight excluding hydrogens is 390 g/mol. The number of nitrogens with zero attached hydrogens (tertiary/aromatic N) is 1. The number of carbonyl (C=O) groups excluding carboxylic acids is 2. The maximum atomic E-state index is 13.3. The van der Waals surface area contributed by atoms with E-state index in [9.17, 15) is 9.59 Å². The smallest absolute Gasteiger partial charge is 0.196 e. The predicted molar refractivity (Wildman–Crippen MR) is 104 cm³/mol. The van der Waals surface area contributed by atoms with Gasteiger partial charge in [-0.1, -0.05) is 64.5 Å². The third kappa shape index (κ3) is 1.93. The zero-order chi connectivity index (χ0) is 17.8. The summed E-state index contributed by atoms with van der Waals surface area (Å²) < 4.78 is 2.82. The summed E-state index contributed by atoms with van der Waals surface area (Å²) in [5, 5.41) is 0. The molecule has 3 nitrogen and oxygen atoms in total. The summed E-state index contributed by atoms with van der Waals surface area (Å²) in [5.41, 5.74) is 4.29. The monoisotopic (exact) mass is 401 g/mol. The second-order valence-electron chi connectivity index (χ2n) is 6.24. The molecule has 0 fully saturated rings. The fourth-order valence-corrected chi connectivity index (χ4v) is 4.20. The fourth-order valence-electron chi connectivity index (χ4n) is 3.73. The Hall–Kier alpha value is -2.98. The molecule has 1 aliphatic rings. The van der Waals surface area contributed by atoms with Crippen LogP contribution in [-0.2, 0) is 0 Å². The van der Waals surface area contributed by atoms with Crippen LogP contribution in [0.2, 0.25) is 0 Å². The van der Waals surface area contributed by atoms with Gasteiger partial charge in [-0.05, 0) is 18.2 Å². The van der Waals surface area contributed by atoms with E-state index in [0.717, 1.165) is 21.2 Å². The van der Waals surface area contributed by atoms with Gasteiger partial charge in [-0.15, -0.1) is 0 Å². The number of hydrogen-bond donors (Lipinski definition) is 0. The highest BCUT2D eigenvalue weighted by Gasteiger charge is 2.36. The van der Waals surface area contributed by atoms with Crippen molar-refractivity contribution in [3.63, 3.8) is 0 Å². The molecule has 0 aliphatic heterocycles. The third-order valence-corrected chi connectivity index (χ3v) is 5.53. The van der Waals surface area contributed by atoms with E-state index in [1.807, 2.05) is 53.1 Å². The number of hydrogen-bond acceptors (Lipinski definition) is 2. The lowest BCUT2D eigenvalue weighted by atomic mass is 9.84. The van der Waals surface area contributed by atoms with Crippen molar-refractivity contribution in [3.8, 4) is 11.3 Å². The second-order valence-corrected chi connectivity index (χ2v) is 7.09. The topological polar surface area (TPSA) is 38.5 Å². The molecule has 2 heterocycles. The lowest BCUT2D eigenvalue weighted by Crippen LogP contribution is -2.19. The van der Waals surface area contributed by atoms with E-state index < -0.39 is 0 Å². The summed E-state index contributed by atoms with van der Waals surface area (Å²) in [4.78, 5) is 26.6. The molecule has 4 aromatic rings. The quantitative estimate of drug-likeness (QED) is 0.389. The van der Waals surface area contributed by atoms with Crippen molar-refractivity contribution in [3.05, 3.63) is 99.7 Å². The summed E-state index contributed by atoms with van der Waals surface area (Å²) in [7, 11) is 0. The van der Waals surface area contributed by atoms with E-state index in [2.05, 4.69) is 15.9 Å². The Morgan fingerprint density at radius 2 is 1.23 bits per heavy atom. The summed E-state index contributed by atoms with van der Waals surface area (Å²) in [6, 6.07) is 20.5. The molecule has 5 rings (SSSR count). The van der Waals surface area contributed by atoms with Crippen molar-refractivity contribution in [2.75, 3.05) is 0 Å². The molecule has 0 saturated carbocycles. The molecule has 1 aliphatic carbocycles. The molecule has 124 valence electrons. The van der Waals surface area contributed by atoms with Gasteiger partial charge in [-0.25, -0.2) is 0 Å². The van der Waals surface area contributed by atoms with Crippen LogP contribution in [0.3, 0.4) is 0 Å². The number of rotatable bonds is 1. The summed E-state index contributed by atoms with van der Waals surface area (Å²) in [6.07, 6.45) is 1.90. The van der Waals surface area contributed by atoms with Crippen molar-refractivity contribution in [1.29, 1.82) is 0 Å². The largest absolute Gasteiger partial charge is 0.315 e. The molecule has 0 bridgehead atoms. The Labute approximate surface area is 158 Å². The van der Waals surface area contributed by atoms with E-state index in [4.69, 9.17) is 0 Å². The number of halogens is 1. The first-order valence-corrected chi connectivity index (χ1v) is 9.04. The average Bonchev–Trinajstić information content (AvgIpc) is 3.02. The molecule has 2 aromatic heterocycles. The van der Waals surface area contributed by atoms with E-state index in [-0.39, 0.29) is 11.6 Å². The first-order valence-electron chi connectivity index (χ1n) is 8.25. The van der Waals surface area contributed by atoms with Gasteiger partial charge >= 0.3 is 0 Å². The molecule has 0 spiro atoms. The maximum Gasteiger partial charge on any atom is 0.196 e. The lowest BCUT2D eigenvalue weighted by Gasteiger charge is -2.16. The van der Waals surface area contributed by atoms with Gasteiger partial charge in [0.05, 0.1) is 22.3 Å². The molecule has 2 aromatic carbocycles. The highest BCUT2D eigenvalue weighted by Crippen LogP contribution is 2.40. The number of aromatic nitrogens is 1. The van der Waals surface area contributed by atoms with Gasteiger partial charge in [0.1, 0.15) is 0 Å². The van der Waals surface area contributed by atoms with Crippen molar-refractivity contribution < 1.29 is 9.59 Å². The SMILES string of the molecule is O=C1c2ccccc2C(=O)c2c1c(-c1ccccc1Br)n1ccccc21. The van der Waals surface area contributed by atoms with Crippen LogP contribution in [0.5, 0.6) is 0 Å². The van der Waals surface area contributed by atoms with E-state index >= 15 is 0 Å². The van der Waals surface area contributed by atoms with Crippen LogP contribution in [0, 0.1) is 0 Å². The number of benzene rings is 2. The van der Waals surface area contributed by atoms with Crippen LogP contribution >= 0.6 is 15.9 Å². The second kappa shape index (κ2) is 5.51. The average molecular weight is 402 g/mol. The minimum atomic E-state index is -0.107. The van der Waals surface area contributed by atoms with Gasteiger partial charge in [0.25, 0.3) is 0 Å². The molecule has 0 amide bonds. The number of pyridine rings is 1. The van der Waals surface area contributed by atoms with E-state index in [0.29, 0.717) is 22.3 Å². The van der Waals surface area contributed by atoms with Crippen LogP contribution in [0.1, 0.15) is 31.8 Å². The Morgan fingerprint density at radius 1 is 0.654 bits per heavy atom. The predicted octanol–water partition coefficient (Wildman–Crippen LogP) is 5.14. The first-order chi connectivity index (χ1) is 12.7. The fraction of sp³-hybridized carbons (Fsp3) is 0. The van der Waals surface area contributed by atoms with Crippen LogP contribution in [0.25, 0.3) is 16.8 Å². The van der Waals surface area contributed by atoms with Gasteiger partial charge in [0.2, 0.25) is 0 Å². The highest BCUT2D eigenvalue weighted by molar-refractivity contribution is 9.10. The van der Waals surface area contributed by atoms with Crippen molar-refractivity contribution in [1.82, 2.24) is 4.40 Å². The highest BCUT2D eigenvalue weighted by atomic mass is 79.9. The maximum absolute atomic E-state index is 13.3. The van der Waals surface area contributed by atoms with E-state index in [1.54, 1.807) is 24.3 Å². The summed E-state index contributed by atoms with van der Waals surface area (Å²) >= 11 is 3.59. The molecule has 4 heteroatoms. The minimum absolute atomic E-state index is 0.0998. The summed E-state index contributed by atoms with van der Waals surface area (Å²) in [5.74, 6) is -0.207. The molecule has 0 radical (unpaired) electrons. The van der Waals surface area contributed by atoms with Gasteiger partial charge < -0.3 is 4.40 Å². The number of fused-ring (bicyclic) bond motifs is 4. The number of ketones is 2. The zero-order valence-electron chi connectivity index (χ0n) is 13.6. The van der Waals surface area contributed by atoms with Crippen LogP contribution in [0.15, 0.2) is 77.4 Å². The Bertz CT molecular complexity index is 1240. The van der Waals surface area contributed by atoms with Gasteiger partial charge in [0, 0.05) is 27.4 Å². The van der Waals surface area contributed by atoms with E-state index in [1.165, 1.54) is 0 Å². The molecule has 26 heavy (non-hydrogen) atoms. The molecular formula is C22H12BrNO2. The third-order valence-electron chi connectivity index (χ3n) is 4.84. The van der Waals surface area contributed by atoms with Crippen molar-refractivity contribution in [2.24, 2.45) is 0 Å². The van der Waals surface area contributed by atoms with Gasteiger partial charge in [0.15, 0.2) is 11.6 Å². The Balaban J connectivity index is 1.97. The molecule has 0 saturated heterocycles. The molecule has 0 unspecified atom stereocenters. The minimum Gasteiger partial charge on any atom is -0.315 e. The van der Waals surface area contributed by atoms with Crippen LogP contribution in [-0.4, -0.2) is 16.0 Å². The molecule has 0 N–H and O–H groups in total.